The molecule has 2 rings (SSSR count). The van der Waals surface area contributed by atoms with Crippen LogP contribution in [0, 0.1) is 6.92 Å². The second-order valence-electron chi connectivity index (χ2n) is 4.79. The minimum Gasteiger partial charge on any atom is -0.493 e. The summed E-state index contributed by atoms with van der Waals surface area (Å²) in [6.45, 7) is 2.55. The van der Waals surface area contributed by atoms with Crippen LogP contribution in [0.25, 0.3) is 0 Å². The maximum absolute atomic E-state index is 12.0. The number of rotatable bonds is 6. The van der Waals surface area contributed by atoms with E-state index in [1.807, 2.05) is 49.4 Å². The SMILES string of the molecule is Cc1cc(Br)ccc1OCCCC(=O)c1ccc(Br)cc1. The molecule has 4 heteroatoms. The number of hydrogen-bond acceptors (Lipinski definition) is 2. The van der Waals surface area contributed by atoms with Crippen molar-refractivity contribution >= 4 is 37.6 Å². The van der Waals surface area contributed by atoms with E-state index >= 15 is 0 Å². The van der Waals surface area contributed by atoms with E-state index in [0.29, 0.717) is 19.4 Å². The van der Waals surface area contributed by atoms with E-state index in [0.717, 1.165) is 25.8 Å². The van der Waals surface area contributed by atoms with Crippen molar-refractivity contribution in [1.29, 1.82) is 0 Å². The maximum atomic E-state index is 12.0. The summed E-state index contributed by atoms with van der Waals surface area (Å²) in [7, 11) is 0. The molecule has 0 aliphatic carbocycles. The Hall–Kier alpha value is -1.13. The number of benzene rings is 2. The predicted molar refractivity (Wildman–Crippen MR) is 92.1 cm³/mol. The molecule has 2 aromatic carbocycles. The van der Waals surface area contributed by atoms with Gasteiger partial charge >= 0.3 is 0 Å². The number of halogens is 2. The Morgan fingerprint density at radius 3 is 2.38 bits per heavy atom. The summed E-state index contributed by atoms with van der Waals surface area (Å²) < 4.78 is 7.74. The van der Waals surface area contributed by atoms with Crippen molar-refractivity contribution in [1.82, 2.24) is 0 Å². The summed E-state index contributed by atoms with van der Waals surface area (Å²) >= 11 is 6.79. The summed E-state index contributed by atoms with van der Waals surface area (Å²) in [6.07, 6.45) is 1.21. The number of ether oxygens (including phenoxy) is 1. The van der Waals surface area contributed by atoms with Crippen LogP contribution in [0.3, 0.4) is 0 Å². The van der Waals surface area contributed by atoms with Crippen LogP contribution in [0.4, 0.5) is 0 Å². The van der Waals surface area contributed by atoms with E-state index < -0.39 is 0 Å². The molecule has 2 nitrogen and oxygen atoms in total. The van der Waals surface area contributed by atoms with Crippen molar-refractivity contribution < 1.29 is 9.53 Å². The van der Waals surface area contributed by atoms with E-state index in [9.17, 15) is 4.79 Å². The molecule has 0 radical (unpaired) electrons. The summed E-state index contributed by atoms with van der Waals surface area (Å²) in [5.41, 5.74) is 1.83. The normalized spacial score (nSPS) is 10.4. The topological polar surface area (TPSA) is 26.3 Å². The highest BCUT2D eigenvalue weighted by molar-refractivity contribution is 9.10. The lowest BCUT2D eigenvalue weighted by molar-refractivity contribution is 0.0973. The van der Waals surface area contributed by atoms with Gasteiger partial charge in [-0.05, 0) is 49.2 Å². The van der Waals surface area contributed by atoms with Gasteiger partial charge in [0.2, 0.25) is 0 Å². The monoisotopic (exact) mass is 410 g/mol. The molecule has 0 saturated heterocycles. The van der Waals surface area contributed by atoms with E-state index in [-0.39, 0.29) is 5.78 Å². The predicted octanol–water partition coefficient (Wildman–Crippen LogP) is 5.56. The number of Topliss-reactive ketones (excluding diaryl/α,β-unsaturated/α-hetero) is 1. The third-order valence-corrected chi connectivity index (χ3v) is 4.13. The molecule has 0 saturated carbocycles. The molecule has 2 aromatic rings. The average Bonchev–Trinajstić information content (AvgIpc) is 2.46. The molecule has 0 spiro atoms. The molecule has 0 unspecified atom stereocenters. The summed E-state index contributed by atoms with van der Waals surface area (Å²) in [5, 5.41) is 0. The molecule has 0 aromatic heterocycles. The van der Waals surface area contributed by atoms with Crippen molar-refractivity contribution in [2.75, 3.05) is 6.61 Å². The molecule has 0 amide bonds. The summed E-state index contributed by atoms with van der Waals surface area (Å²) in [5.74, 6) is 1.02. The van der Waals surface area contributed by atoms with Crippen LogP contribution < -0.4 is 4.74 Å². The van der Waals surface area contributed by atoms with Crippen LogP contribution in [0.5, 0.6) is 5.75 Å². The molecule has 0 aliphatic rings. The van der Waals surface area contributed by atoms with Crippen molar-refractivity contribution in [3.05, 3.63) is 62.5 Å². The zero-order valence-electron chi connectivity index (χ0n) is 11.7. The van der Waals surface area contributed by atoms with Gasteiger partial charge in [-0.3, -0.25) is 4.79 Å². The lowest BCUT2D eigenvalue weighted by atomic mass is 10.1. The minimum absolute atomic E-state index is 0.152. The third-order valence-electron chi connectivity index (χ3n) is 3.11. The summed E-state index contributed by atoms with van der Waals surface area (Å²) in [4.78, 5) is 12.0. The van der Waals surface area contributed by atoms with Gasteiger partial charge in [0, 0.05) is 20.9 Å². The van der Waals surface area contributed by atoms with Crippen LogP contribution in [-0.2, 0) is 0 Å². The quantitative estimate of drug-likeness (QED) is 0.459. The van der Waals surface area contributed by atoms with Crippen LogP contribution >= 0.6 is 31.9 Å². The number of hydrogen-bond donors (Lipinski definition) is 0. The van der Waals surface area contributed by atoms with Gasteiger partial charge in [-0.1, -0.05) is 44.0 Å². The molecule has 0 heterocycles. The van der Waals surface area contributed by atoms with Gasteiger partial charge in [-0.2, -0.15) is 0 Å². The highest BCUT2D eigenvalue weighted by Gasteiger charge is 2.06. The molecular formula is C17H16Br2O2. The Morgan fingerprint density at radius 2 is 1.71 bits per heavy atom. The minimum atomic E-state index is 0.152. The first-order valence-corrected chi connectivity index (χ1v) is 8.32. The molecule has 0 bridgehead atoms. The van der Waals surface area contributed by atoms with Crippen molar-refractivity contribution in [3.8, 4) is 5.75 Å². The molecular weight excluding hydrogens is 396 g/mol. The van der Waals surface area contributed by atoms with Crippen LogP contribution in [0.2, 0.25) is 0 Å². The number of carbonyl (C=O) groups is 1. The third kappa shape index (κ3) is 4.97. The van der Waals surface area contributed by atoms with E-state index in [4.69, 9.17) is 4.74 Å². The van der Waals surface area contributed by atoms with Gasteiger partial charge in [-0.25, -0.2) is 0 Å². The van der Waals surface area contributed by atoms with Gasteiger partial charge in [0.15, 0.2) is 5.78 Å². The fourth-order valence-corrected chi connectivity index (χ4v) is 2.71. The standard InChI is InChI=1S/C17H16Br2O2/c1-12-11-15(19)8-9-17(12)21-10-2-3-16(20)13-4-6-14(18)7-5-13/h4-9,11H,2-3,10H2,1H3. The lowest BCUT2D eigenvalue weighted by Crippen LogP contribution is -2.04. The van der Waals surface area contributed by atoms with Crippen molar-refractivity contribution in [2.24, 2.45) is 0 Å². The first-order valence-electron chi connectivity index (χ1n) is 6.74. The molecule has 0 N–H and O–H groups in total. The first kappa shape index (κ1) is 16.2. The Bertz CT molecular complexity index is 621. The average molecular weight is 412 g/mol. The highest BCUT2D eigenvalue weighted by atomic mass is 79.9. The fourth-order valence-electron chi connectivity index (χ4n) is 1.97. The molecule has 21 heavy (non-hydrogen) atoms. The van der Waals surface area contributed by atoms with Gasteiger partial charge in [0.1, 0.15) is 5.75 Å². The zero-order valence-corrected chi connectivity index (χ0v) is 14.9. The second-order valence-corrected chi connectivity index (χ2v) is 6.62. The smallest absolute Gasteiger partial charge is 0.163 e. The van der Waals surface area contributed by atoms with Gasteiger partial charge in [0.25, 0.3) is 0 Å². The number of aryl methyl sites for hydroxylation is 1. The number of carbonyl (C=O) groups excluding carboxylic acids is 1. The molecule has 0 aliphatic heterocycles. The van der Waals surface area contributed by atoms with Gasteiger partial charge in [0.05, 0.1) is 6.61 Å². The fraction of sp³-hybridized carbons (Fsp3) is 0.235. The van der Waals surface area contributed by atoms with E-state index in [1.165, 1.54) is 0 Å². The summed E-state index contributed by atoms with van der Waals surface area (Å²) in [6, 6.07) is 13.4. The first-order chi connectivity index (χ1) is 10.1. The largest absolute Gasteiger partial charge is 0.493 e. The number of ketones is 1. The Kier molecular flexibility index (Phi) is 6.00. The Balaban J connectivity index is 1.79. The van der Waals surface area contributed by atoms with Crippen LogP contribution in [-0.4, -0.2) is 12.4 Å². The van der Waals surface area contributed by atoms with E-state index in [1.54, 1.807) is 0 Å². The van der Waals surface area contributed by atoms with Crippen LogP contribution in [0.15, 0.2) is 51.4 Å². The second kappa shape index (κ2) is 7.76. The van der Waals surface area contributed by atoms with Crippen LogP contribution in [0.1, 0.15) is 28.8 Å². The highest BCUT2D eigenvalue weighted by Crippen LogP contribution is 2.22. The van der Waals surface area contributed by atoms with E-state index in [2.05, 4.69) is 31.9 Å². The lowest BCUT2D eigenvalue weighted by Gasteiger charge is -2.09. The molecule has 0 atom stereocenters. The Morgan fingerprint density at radius 1 is 1.05 bits per heavy atom. The maximum Gasteiger partial charge on any atom is 0.163 e. The van der Waals surface area contributed by atoms with Crippen molar-refractivity contribution in [2.45, 2.75) is 19.8 Å². The molecule has 110 valence electrons. The zero-order chi connectivity index (χ0) is 15.2. The van der Waals surface area contributed by atoms with Gasteiger partial charge < -0.3 is 4.74 Å². The molecule has 0 fully saturated rings. The van der Waals surface area contributed by atoms with Crippen molar-refractivity contribution in [3.63, 3.8) is 0 Å². The Labute approximate surface area is 141 Å². The van der Waals surface area contributed by atoms with Gasteiger partial charge in [-0.15, -0.1) is 0 Å².